The molecule has 22 heavy (non-hydrogen) atoms. The van der Waals surface area contributed by atoms with Crippen LogP contribution in [0.5, 0.6) is 0 Å². The molecule has 2 unspecified atom stereocenters. The Bertz CT molecular complexity index is 464. The minimum atomic E-state index is -0.886. The van der Waals surface area contributed by atoms with Crippen LogP contribution in [0.15, 0.2) is 0 Å². The number of aliphatic hydroxyl groups is 1. The maximum atomic E-state index is 12.4. The second-order valence-corrected chi connectivity index (χ2v) is 5.90. The van der Waals surface area contributed by atoms with Crippen molar-refractivity contribution in [1.29, 1.82) is 0 Å². The van der Waals surface area contributed by atoms with Crippen LogP contribution in [0, 0.1) is 5.92 Å². The van der Waals surface area contributed by atoms with E-state index in [0.717, 1.165) is 4.90 Å². The lowest BCUT2D eigenvalue weighted by Gasteiger charge is -2.23. The molecule has 0 radical (unpaired) electrons. The molecule has 124 valence electrons. The molecule has 2 saturated heterocycles. The largest absolute Gasteiger partial charge is 0.391 e. The van der Waals surface area contributed by atoms with Crippen molar-refractivity contribution >= 4 is 17.8 Å². The zero-order chi connectivity index (χ0) is 16.3. The van der Waals surface area contributed by atoms with E-state index in [0.29, 0.717) is 32.5 Å². The molecule has 8 nitrogen and oxygen atoms in total. The molecule has 0 aromatic heterocycles. The van der Waals surface area contributed by atoms with E-state index in [9.17, 15) is 19.5 Å². The zero-order valence-electron chi connectivity index (χ0n) is 13.0. The third-order valence-electron chi connectivity index (χ3n) is 4.62. The highest BCUT2D eigenvalue weighted by atomic mass is 16.3. The van der Waals surface area contributed by atoms with Gasteiger partial charge in [0.15, 0.2) is 0 Å². The lowest BCUT2D eigenvalue weighted by atomic mass is 9.93. The Balaban J connectivity index is 1.88. The fourth-order valence-corrected chi connectivity index (χ4v) is 2.92. The molecule has 2 rings (SSSR count). The van der Waals surface area contributed by atoms with Gasteiger partial charge >= 0.3 is 6.03 Å². The number of nitrogens with one attached hydrogen (secondary N) is 3. The van der Waals surface area contributed by atoms with Crippen LogP contribution in [-0.4, -0.2) is 65.7 Å². The van der Waals surface area contributed by atoms with Crippen LogP contribution in [-0.2, 0) is 9.59 Å². The summed E-state index contributed by atoms with van der Waals surface area (Å²) in [5, 5.41) is 18.0. The van der Waals surface area contributed by atoms with E-state index < -0.39 is 23.6 Å². The summed E-state index contributed by atoms with van der Waals surface area (Å²) in [4.78, 5) is 37.2. The molecule has 2 aliphatic rings. The van der Waals surface area contributed by atoms with E-state index in [1.165, 1.54) is 0 Å². The minimum Gasteiger partial charge on any atom is -0.391 e. The summed E-state index contributed by atoms with van der Waals surface area (Å²) in [5.74, 6) is -0.789. The van der Waals surface area contributed by atoms with Crippen LogP contribution in [0.3, 0.4) is 0 Å². The van der Waals surface area contributed by atoms with Gasteiger partial charge in [0.05, 0.1) is 6.10 Å². The van der Waals surface area contributed by atoms with Crippen LogP contribution < -0.4 is 16.0 Å². The highest BCUT2D eigenvalue weighted by Gasteiger charge is 2.49. The fourth-order valence-electron chi connectivity index (χ4n) is 2.92. The number of amides is 4. The number of nitrogens with zero attached hydrogens (tertiary/aromatic N) is 1. The fraction of sp³-hybridized carbons (Fsp3) is 0.786. The van der Waals surface area contributed by atoms with E-state index in [1.54, 1.807) is 0 Å². The van der Waals surface area contributed by atoms with E-state index >= 15 is 0 Å². The second-order valence-electron chi connectivity index (χ2n) is 5.90. The van der Waals surface area contributed by atoms with E-state index in [4.69, 9.17) is 0 Å². The summed E-state index contributed by atoms with van der Waals surface area (Å²) in [6.45, 7) is 4.86. The predicted octanol–water partition coefficient (Wildman–Crippen LogP) is -1.21. The summed E-state index contributed by atoms with van der Waals surface area (Å²) in [6.07, 6.45) is 0.503. The average molecular weight is 312 g/mol. The highest BCUT2D eigenvalue weighted by molar-refractivity contribution is 6.08. The normalized spacial score (nSPS) is 27.1. The molecular formula is C14H24N4O4. The molecule has 0 spiro atoms. The maximum absolute atomic E-state index is 12.4. The van der Waals surface area contributed by atoms with E-state index in [1.807, 2.05) is 13.8 Å². The van der Waals surface area contributed by atoms with Crippen molar-refractivity contribution in [2.45, 2.75) is 38.3 Å². The SMILES string of the molecule is CCC1(CC)NC(=O)N(CC(=O)NCC2CNCC2O)C1=O. The Morgan fingerprint density at radius 3 is 2.55 bits per heavy atom. The van der Waals surface area contributed by atoms with Crippen LogP contribution in [0.1, 0.15) is 26.7 Å². The van der Waals surface area contributed by atoms with Crippen molar-refractivity contribution in [3.8, 4) is 0 Å². The van der Waals surface area contributed by atoms with Gasteiger partial charge in [-0.3, -0.25) is 14.5 Å². The number of urea groups is 1. The molecule has 4 amide bonds. The summed E-state index contributed by atoms with van der Waals surface area (Å²) in [6, 6.07) is -0.522. The Labute approximate surface area is 129 Å². The first-order chi connectivity index (χ1) is 10.4. The molecule has 0 bridgehead atoms. The number of aliphatic hydroxyl groups excluding tert-OH is 1. The molecule has 0 aromatic carbocycles. The van der Waals surface area contributed by atoms with Crippen LogP contribution >= 0.6 is 0 Å². The molecule has 2 fully saturated rings. The van der Waals surface area contributed by atoms with E-state index in [2.05, 4.69) is 16.0 Å². The molecule has 4 N–H and O–H groups in total. The number of carbonyl (C=O) groups is 3. The number of rotatable bonds is 6. The molecule has 2 aliphatic heterocycles. The molecular weight excluding hydrogens is 288 g/mol. The standard InChI is InChI=1S/C14H24N4O4/c1-3-14(4-2)12(21)18(13(22)17-14)8-11(20)16-6-9-5-15-7-10(9)19/h9-10,15,19H,3-8H2,1-2H3,(H,16,20)(H,17,22). The van der Waals surface area contributed by atoms with Gasteiger partial charge < -0.3 is 21.1 Å². The highest BCUT2D eigenvalue weighted by Crippen LogP contribution is 2.24. The third kappa shape index (κ3) is 3.07. The first-order valence-corrected chi connectivity index (χ1v) is 7.73. The Morgan fingerprint density at radius 1 is 1.36 bits per heavy atom. The molecule has 0 aliphatic carbocycles. The Morgan fingerprint density at radius 2 is 2.05 bits per heavy atom. The molecule has 0 saturated carbocycles. The van der Waals surface area contributed by atoms with Gasteiger partial charge in [-0.05, 0) is 12.8 Å². The zero-order valence-corrected chi connectivity index (χ0v) is 13.0. The summed E-state index contributed by atoms with van der Waals surface area (Å²) >= 11 is 0. The first kappa shape index (κ1) is 16.7. The van der Waals surface area contributed by atoms with Gasteiger partial charge in [-0.15, -0.1) is 0 Å². The minimum absolute atomic E-state index is 0.0440. The number of hydrogen-bond donors (Lipinski definition) is 4. The first-order valence-electron chi connectivity index (χ1n) is 7.73. The third-order valence-corrected chi connectivity index (χ3v) is 4.62. The number of hydrogen-bond acceptors (Lipinski definition) is 5. The molecule has 2 heterocycles. The van der Waals surface area contributed by atoms with Gasteiger partial charge in [-0.1, -0.05) is 13.8 Å². The van der Waals surface area contributed by atoms with Crippen LogP contribution in [0.2, 0.25) is 0 Å². The van der Waals surface area contributed by atoms with Crippen LogP contribution in [0.4, 0.5) is 4.79 Å². The average Bonchev–Trinajstić information content (AvgIpc) is 3.01. The number of β-amino-alcohol motifs (C(OH)–C–C–N with tert-alkyl or cyclic N) is 1. The molecule has 8 heteroatoms. The second kappa shape index (κ2) is 6.62. The summed E-state index contributed by atoms with van der Waals surface area (Å²) in [7, 11) is 0. The van der Waals surface area contributed by atoms with Gasteiger partial charge in [0.2, 0.25) is 5.91 Å². The van der Waals surface area contributed by atoms with Gasteiger partial charge in [0, 0.05) is 25.6 Å². The van der Waals surface area contributed by atoms with Crippen molar-refractivity contribution in [2.24, 2.45) is 5.92 Å². The van der Waals surface area contributed by atoms with Crippen LogP contribution in [0.25, 0.3) is 0 Å². The lowest BCUT2D eigenvalue weighted by Crippen LogP contribution is -2.47. The van der Waals surface area contributed by atoms with Gasteiger partial charge in [-0.25, -0.2) is 4.79 Å². The smallest absolute Gasteiger partial charge is 0.325 e. The van der Waals surface area contributed by atoms with Gasteiger partial charge in [0.1, 0.15) is 12.1 Å². The summed E-state index contributed by atoms with van der Waals surface area (Å²) < 4.78 is 0. The number of imide groups is 1. The van der Waals surface area contributed by atoms with E-state index in [-0.39, 0.29) is 18.4 Å². The van der Waals surface area contributed by atoms with Crippen molar-refractivity contribution in [2.75, 3.05) is 26.2 Å². The quantitative estimate of drug-likeness (QED) is 0.460. The van der Waals surface area contributed by atoms with Gasteiger partial charge in [0.25, 0.3) is 5.91 Å². The summed E-state index contributed by atoms with van der Waals surface area (Å²) in [5.41, 5.74) is -0.886. The predicted molar refractivity (Wildman–Crippen MR) is 78.9 cm³/mol. The topological polar surface area (TPSA) is 111 Å². The van der Waals surface area contributed by atoms with Crippen molar-refractivity contribution in [3.63, 3.8) is 0 Å². The lowest BCUT2D eigenvalue weighted by molar-refractivity contribution is -0.135. The van der Waals surface area contributed by atoms with Crippen molar-refractivity contribution < 1.29 is 19.5 Å². The monoisotopic (exact) mass is 312 g/mol. The van der Waals surface area contributed by atoms with Gasteiger partial charge in [-0.2, -0.15) is 0 Å². The maximum Gasteiger partial charge on any atom is 0.325 e. The number of carbonyl (C=O) groups excluding carboxylic acids is 3. The Hall–Kier alpha value is -1.67. The molecule has 0 aromatic rings. The molecule has 2 atom stereocenters. The van der Waals surface area contributed by atoms with Crippen molar-refractivity contribution in [1.82, 2.24) is 20.9 Å². The Kier molecular flexibility index (Phi) is 5.02. The van der Waals surface area contributed by atoms with Crippen molar-refractivity contribution in [3.05, 3.63) is 0 Å².